The smallest absolute Gasteiger partial charge is 0.253 e. The van der Waals surface area contributed by atoms with Crippen LogP contribution in [0.2, 0.25) is 0 Å². The Balaban J connectivity index is 2.21. The van der Waals surface area contributed by atoms with Gasteiger partial charge in [-0.2, -0.15) is 0 Å². The number of hydrogen-bond donors (Lipinski definition) is 3. The predicted molar refractivity (Wildman–Crippen MR) is 83.5 cm³/mol. The molecular formula is C16H24N2O4. The van der Waals surface area contributed by atoms with Crippen molar-refractivity contribution in [2.45, 2.75) is 44.6 Å². The maximum Gasteiger partial charge on any atom is 0.253 e. The summed E-state index contributed by atoms with van der Waals surface area (Å²) in [6.45, 7) is 0. The molecule has 0 heterocycles. The lowest BCUT2D eigenvalue weighted by molar-refractivity contribution is -0.129. The lowest BCUT2D eigenvalue weighted by atomic mass is 10.1. The number of benzene rings is 1. The summed E-state index contributed by atoms with van der Waals surface area (Å²) in [5.74, 6) is -0.509. The zero-order valence-corrected chi connectivity index (χ0v) is 12.9. The topological polar surface area (TPSA) is 87.7 Å². The van der Waals surface area contributed by atoms with Crippen molar-refractivity contribution in [1.29, 1.82) is 0 Å². The fourth-order valence-electron chi connectivity index (χ4n) is 2.12. The third-order valence-corrected chi connectivity index (χ3v) is 3.36. The van der Waals surface area contributed by atoms with Gasteiger partial charge in [-0.3, -0.25) is 14.8 Å². The van der Waals surface area contributed by atoms with Gasteiger partial charge in [0.25, 0.3) is 5.91 Å². The third kappa shape index (κ3) is 7.19. The molecule has 0 aliphatic rings. The number of hydrogen-bond acceptors (Lipinski definition) is 4. The first-order valence-corrected chi connectivity index (χ1v) is 7.49. The first kappa shape index (κ1) is 18.1. The molecule has 1 rings (SSSR count). The molecule has 1 aromatic rings. The molecule has 0 aromatic heterocycles. The van der Waals surface area contributed by atoms with Crippen molar-refractivity contribution in [3.63, 3.8) is 0 Å². The average Bonchev–Trinajstić information content (AvgIpc) is 2.54. The first-order valence-electron chi connectivity index (χ1n) is 7.49. The Kier molecular flexibility index (Phi) is 8.86. The molecular weight excluding hydrogens is 284 g/mol. The summed E-state index contributed by atoms with van der Waals surface area (Å²) in [5.41, 5.74) is 2.36. The van der Waals surface area contributed by atoms with E-state index in [-0.39, 0.29) is 11.8 Å². The number of amides is 2. The SMILES string of the molecule is COC(CCCCCCC(=O)NO)C(=O)Nc1ccccc1. The molecule has 0 spiro atoms. The number of anilines is 1. The fourth-order valence-corrected chi connectivity index (χ4v) is 2.12. The van der Waals surface area contributed by atoms with Crippen molar-refractivity contribution in [3.8, 4) is 0 Å². The van der Waals surface area contributed by atoms with Crippen LogP contribution in [-0.2, 0) is 14.3 Å². The van der Waals surface area contributed by atoms with Gasteiger partial charge in [-0.05, 0) is 25.0 Å². The summed E-state index contributed by atoms with van der Waals surface area (Å²) in [4.78, 5) is 22.9. The Morgan fingerprint density at radius 3 is 2.45 bits per heavy atom. The largest absolute Gasteiger partial charge is 0.372 e. The van der Waals surface area contributed by atoms with E-state index in [2.05, 4.69) is 5.32 Å². The maximum absolute atomic E-state index is 12.1. The normalized spacial score (nSPS) is 11.7. The number of hydroxylamine groups is 1. The lowest BCUT2D eigenvalue weighted by Crippen LogP contribution is -2.29. The number of unbranched alkanes of at least 4 members (excludes halogenated alkanes) is 3. The lowest BCUT2D eigenvalue weighted by Gasteiger charge is -2.15. The van der Waals surface area contributed by atoms with Crippen molar-refractivity contribution in [3.05, 3.63) is 30.3 Å². The van der Waals surface area contributed by atoms with Crippen LogP contribution in [0.15, 0.2) is 30.3 Å². The Hall–Kier alpha value is -1.92. The summed E-state index contributed by atoms with van der Waals surface area (Å²) in [7, 11) is 1.53. The molecule has 0 saturated carbocycles. The zero-order valence-electron chi connectivity index (χ0n) is 12.9. The number of rotatable bonds is 10. The van der Waals surface area contributed by atoms with E-state index in [4.69, 9.17) is 9.94 Å². The molecule has 0 aliphatic carbocycles. The summed E-state index contributed by atoms with van der Waals surface area (Å²) in [5, 5.41) is 11.2. The molecule has 6 nitrogen and oxygen atoms in total. The minimum Gasteiger partial charge on any atom is -0.372 e. The van der Waals surface area contributed by atoms with Crippen LogP contribution in [0.1, 0.15) is 38.5 Å². The standard InChI is InChI=1S/C16H24N2O4/c1-22-14(11-7-2-3-8-12-15(19)18-21)16(20)17-13-9-5-4-6-10-13/h4-6,9-10,14,21H,2-3,7-8,11-12H2,1H3,(H,17,20)(H,18,19). The molecule has 1 aromatic carbocycles. The molecule has 0 aliphatic heterocycles. The summed E-state index contributed by atoms with van der Waals surface area (Å²) in [6, 6.07) is 9.27. The third-order valence-electron chi connectivity index (χ3n) is 3.36. The molecule has 1 atom stereocenters. The quantitative estimate of drug-likeness (QED) is 0.352. The average molecular weight is 308 g/mol. The van der Waals surface area contributed by atoms with Gasteiger partial charge in [-0.25, -0.2) is 5.48 Å². The molecule has 0 fully saturated rings. The van der Waals surface area contributed by atoms with E-state index in [1.54, 1.807) is 5.48 Å². The molecule has 1 unspecified atom stereocenters. The van der Waals surface area contributed by atoms with Crippen LogP contribution in [0.25, 0.3) is 0 Å². The van der Waals surface area contributed by atoms with Crippen molar-refractivity contribution in [2.75, 3.05) is 12.4 Å². The molecule has 6 heteroatoms. The fraction of sp³-hybridized carbons (Fsp3) is 0.500. The van der Waals surface area contributed by atoms with Gasteiger partial charge in [0.2, 0.25) is 5.91 Å². The predicted octanol–water partition coefficient (Wildman–Crippen LogP) is 2.49. The second-order valence-corrected chi connectivity index (χ2v) is 5.07. The minimum absolute atomic E-state index is 0.145. The Morgan fingerprint density at radius 1 is 1.14 bits per heavy atom. The highest BCUT2D eigenvalue weighted by molar-refractivity contribution is 5.94. The number of ether oxygens (including phenoxy) is 1. The van der Waals surface area contributed by atoms with Crippen molar-refractivity contribution in [2.24, 2.45) is 0 Å². The van der Waals surface area contributed by atoms with Crippen LogP contribution in [0.4, 0.5) is 5.69 Å². The van der Waals surface area contributed by atoms with Gasteiger partial charge in [0, 0.05) is 19.2 Å². The van der Waals surface area contributed by atoms with Crippen LogP contribution >= 0.6 is 0 Å². The van der Waals surface area contributed by atoms with Crippen molar-refractivity contribution >= 4 is 17.5 Å². The highest BCUT2D eigenvalue weighted by Gasteiger charge is 2.17. The summed E-state index contributed by atoms with van der Waals surface area (Å²) < 4.78 is 5.24. The van der Waals surface area contributed by atoms with E-state index in [0.717, 1.165) is 31.4 Å². The van der Waals surface area contributed by atoms with Gasteiger partial charge in [0.1, 0.15) is 6.10 Å². The van der Waals surface area contributed by atoms with Gasteiger partial charge in [-0.15, -0.1) is 0 Å². The summed E-state index contributed by atoms with van der Waals surface area (Å²) >= 11 is 0. The second kappa shape index (κ2) is 10.8. The molecule has 22 heavy (non-hydrogen) atoms. The molecule has 3 N–H and O–H groups in total. The number of methoxy groups -OCH3 is 1. The molecule has 0 radical (unpaired) electrons. The van der Waals surface area contributed by atoms with E-state index in [0.29, 0.717) is 12.8 Å². The molecule has 0 bridgehead atoms. The number of para-hydroxylation sites is 1. The highest BCUT2D eigenvalue weighted by Crippen LogP contribution is 2.12. The van der Waals surface area contributed by atoms with Gasteiger partial charge in [0.05, 0.1) is 0 Å². The Morgan fingerprint density at radius 2 is 1.82 bits per heavy atom. The maximum atomic E-state index is 12.1. The number of nitrogens with one attached hydrogen (secondary N) is 2. The molecule has 2 amide bonds. The van der Waals surface area contributed by atoms with E-state index in [9.17, 15) is 9.59 Å². The van der Waals surface area contributed by atoms with Crippen LogP contribution < -0.4 is 10.8 Å². The van der Waals surface area contributed by atoms with Crippen LogP contribution in [0, 0.1) is 0 Å². The Bertz CT molecular complexity index is 451. The summed E-state index contributed by atoms with van der Waals surface area (Å²) in [6.07, 6.45) is 3.85. The van der Waals surface area contributed by atoms with E-state index >= 15 is 0 Å². The van der Waals surface area contributed by atoms with E-state index in [1.807, 2.05) is 30.3 Å². The monoisotopic (exact) mass is 308 g/mol. The van der Waals surface area contributed by atoms with E-state index in [1.165, 1.54) is 7.11 Å². The van der Waals surface area contributed by atoms with Crippen molar-refractivity contribution < 1.29 is 19.5 Å². The first-order chi connectivity index (χ1) is 10.7. The zero-order chi connectivity index (χ0) is 16.2. The number of carbonyl (C=O) groups is 2. The second-order valence-electron chi connectivity index (χ2n) is 5.07. The van der Waals surface area contributed by atoms with Crippen molar-refractivity contribution in [1.82, 2.24) is 5.48 Å². The minimum atomic E-state index is -0.471. The van der Waals surface area contributed by atoms with Gasteiger partial charge < -0.3 is 10.1 Å². The highest BCUT2D eigenvalue weighted by atomic mass is 16.5. The van der Waals surface area contributed by atoms with Crippen LogP contribution in [0.3, 0.4) is 0 Å². The van der Waals surface area contributed by atoms with Crippen LogP contribution in [0.5, 0.6) is 0 Å². The Labute approximate surface area is 130 Å². The van der Waals surface area contributed by atoms with Gasteiger partial charge in [-0.1, -0.05) is 37.5 Å². The molecule has 0 saturated heterocycles. The van der Waals surface area contributed by atoms with E-state index < -0.39 is 6.10 Å². The van der Waals surface area contributed by atoms with Gasteiger partial charge >= 0.3 is 0 Å². The number of carbonyl (C=O) groups excluding carboxylic acids is 2. The van der Waals surface area contributed by atoms with Crippen LogP contribution in [-0.4, -0.2) is 30.2 Å². The molecule has 122 valence electrons. The van der Waals surface area contributed by atoms with Gasteiger partial charge in [0.15, 0.2) is 0 Å².